The van der Waals surface area contributed by atoms with E-state index in [0.717, 1.165) is 4.57 Å². The van der Waals surface area contributed by atoms with Gasteiger partial charge in [-0.3, -0.25) is 23.6 Å². The molecule has 2 aromatic rings. The van der Waals surface area contributed by atoms with Gasteiger partial charge in [0, 0.05) is 27.2 Å². The summed E-state index contributed by atoms with van der Waals surface area (Å²) in [5.41, 5.74) is 3.69. The number of piperidine rings is 1. The van der Waals surface area contributed by atoms with E-state index in [1.807, 2.05) is 0 Å². The Labute approximate surface area is 143 Å². The van der Waals surface area contributed by atoms with Gasteiger partial charge in [0.25, 0.3) is 5.56 Å². The van der Waals surface area contributed by atoms with Gasteiger partial charge in [0.15, 0.2) is 11.2 Å². The van der Waals surface area contributed by atoms with E-state index in [1.54, 1.807) is 23.4 Å². The SMILES string of the molecule is Cn1c(=O)c2c(ncn2[C@@H]2CCN(CC(N)=O)C[C@@]2(C)O)n(C)c1=O. The number of fused-ring (bicyclic) bond motifs is 1. The normalized spacial score (nSPS) is 24.7. The largest absolute Gasteiger partial charge is 0.387 e. The van der Waals surface area contributed by atoms with Gasteiger partial charge in [-0.15, -0.1) is 0 Å². The lowest BCUT2D eigenvalue weighted by atomic mass is 9.88. The fourth-order valence-corrected chi connectivity index (χ4v) is 3.65. The van der Waals surface area contributed by atoms with Crippen LogP contribution in [0.2, 0.25) is 0 Å². The van der Waals surface area contributed by atoms with Crippen LogP contribution in [0.4, 0.5) is 0 Å². The molecule has 136 valence electrons. The highest BCUT2D eigenvalue weighted by atomic mass is 16.3. The molecule has 2 atom stereocenters. The summed E-state index contributed by atoms with van der Waals surface area (Å²) < 4.78 is 3.97. The van der Waals surface area contributed by atoms with E-state index in [1.165, 1.54) is 17.9 Å². The Kier molecular flexibility index (Phi) is 4.04. The first-order valence-corrected chi connectivity index (χ1v) is 7.99. The quantitative estimate of drug-likeness (QED) is 0.654. The third-order valence-electron chi connectivity index (χ3n) is 4.87. The number of aliphatic hydroxyl groups is 1. The predicted molar refractivity (Wildman–Crippen MR) is 90.1 cm³/mol. The topological polar surface area (TPSA) is 128 Å². The Morgan fingerprint density at radius 1 is 1.40 bits per heavy atom. The van der Waals surface area contributed by atoms with Crippen molar-refractivity contribution >= 4 is 17.1 Å². The zero-order valence-electron chi connectivity index (χ0n) is 14.5. The summed E-state index contributed by atoms with van der Waals surface area (Å²) >= 11 is 0. The van der Waals surface area contributed by atoms with Crippen molar-refractivity contribution < 1.29 is 9.90 Å². The fraction of sp³-hybridized carbons (Fsp3) is 0.600. The summed E-state index contributed by atoms with van der Waals surface area (Å²) in [6.45, 7) is 2.52. The minimum absolute atomic E-state index is 0.0732. The molecule has 3 rings (SSSR count). The number of nitrogens with zero attached hydrogens (tertiary/aromatic N) is 5. The van der Waals surface area contributed by atoms with Gasteiger partial charge in [0.2, 0.25) is 5.91 Å². The van der Waals surface area contributed by atoms with Crippen LogP contribution in [0, 0.1) is 0 Å². The number of carbonyl (C=O) groups excluding carboxylic acids is 1. The maximum absolute atomic E-state index is 12.6. The molecule has 1 fully saturated rings. The standard InChI is InChI=1S/C15H22N6O4/c1-15(25)7-20(6-10(16)22)5-4-9(15)21-8-17-12-11(21)13(23)19(3)14(24)18(12)2/h8-9,25H,4-7H2,1-3H3,(H2,16,22)/t9-,15-/m1/s1. The summed E-state index contributed by atoms with van der Waals surface area (Å²) in [5, 5.41) is 10.9. The van der Waals surface area contributed by atoms with Crippen molar-refractivity contribution in [1.29, 1.82) is 0 Å². The second kappa shape index (κ2) is 5.81. The molecule has 0 aliphatic carbocycles. The smallest absolute Gasteiger partial charge is 0.332 e. The number of β-amino-alcohol motifs (C(OH)–C–C–N with tert-alkyl or cyclic N) is 1. The zero-order chi connectivity index (χ0) is 18.5. The molecule has 25 heavy (non-hydrogen) atoms. The molecule has 1 aliphatic heterocycles. The Hall–Kier alpha value is -2.46. The molecule has 0 spiro atoms. The lowest BCUT2D eigenvalue weighted by Gasteiger charge is -2.43. The second-order valence-corrected chi connectivity index (χ2v) is 6.87. The van der Waals surface area contributed by atoms with E-state index in [4.69, 9.17) is 5.73 Å². The number of hydrogen-bond acceptors (Lipinski definition) is 6. The number of aromatic nitrogens is 4. The number of carbonyl (C=O) groups is 1. The van der Waals surface area contributed by atoms with Gasteiger partial charge in [0.05, 0.1) is 24.5 Å². The van der Waals surface area contributed by atoms with Crippen LogP contribution in [0.1, 0.15) is 19.4 Å². The average molecular weight is 350 g/mol. The number of primary amides is 1. The Morgan fingerprint density at radius 2 is 2.08 bits per heavy atom. The lowest BCUT2D eigenvalue weighted by Crippen LogP contribution is -2.54. The average Bonchev–Trinajstić information content (AvgIpc) is 2.94. The van der Waals surface area contributed by atoms with E-state index < -0.39 is 28.8 Å². The maximum atomic E-state index is 12.6. The number of imidazole rings is 1. The molecule has 10 heteroatoms. The number of likely N-dealkylation sites (tertiary alicyclic amines) is 1. The first-order chi connectivity index (χ1) is 11.6. The van der Waals surface area contributed by atoms with Crippen molar-refractivity contribution in [3.05, 3.63) is 27.2 Å². The van der Waals surface area contributed by atoms with Crippen molar-refractivity contribution in [3.8, 4) is 0 Å². The number of rotatable bonds is 3. The highest BCUT2D eigenvalue weighted by Crippen LogP contribution is 2.33. The molecule has 1 saturated heterocycles. The van der Waals surface area contributed by atoms with Gasteiger partial charge in [-0.1, -0.05) is 0 Å². The Morgan fingerprint density at radius 3 is 2.68 bits per heavy atom. The first-order valence-electron chi connectivity index (χ1n) is 7.99. The molecule has 0 unspecified atom stereocenters. The molecular weight excluding hydrogens is 328 g/mol. The van der Waals surface area contributed by atoms with Gasteiger partial charge in [-0.25, -0.2) is 9.78 Å². The molecule has 3 heterocycles. The van der Waals surface area contributed by atoms with Crippen LogP contribution in [0.5, 0.6) is 0 Å². The van der Waals surface area contributed by atoms with Crippen LogP contribution in [0.25, 0.3) is 11.2 Å². The highest BCUT2D eigenvalue weighted by Gasteiger charge is 2.40. The highest BCUT2D eigenvalue weighted by molar-refractivity contribution is 5.76. The minimum Gasteiger partial charge on any atom is -0.387 e. The summed E-state index contributed by atoms with van der Waals surface area (Å²) in [6, 6.07) is -0.410. The third-order valence-corrected chi connectivity index (χ3v) is 4.87. The van der Waals surface area contributed by atoms with Gasteiger partial charge in [0.1, 0.15) is 0 Å². The van der Waals surface area contributed by atoms with Crippen LogP contribution in [0.15, 0.2) is 15.9 Å². The van der Waals surface area contributed by atoms with Crippen molar-refractivity contribution in [2.24, 2.45) is 19.8 Å². The van der Waals surface area contributed by atoms with Crippen LogP contribution >= 0.6 is 0 Å². The summed E-state index contributed by atoms with van der Waals surface area (Å²) in [5.74, 6) is -0.453. The number of nitrogens with two attached hydrogens (primary N) is 1. The Bertz CT molecular complexity index is 953. The van der Waals surface area contributed by atoms with E-state index in [0.29, 0.717) is 13.0 Å². The first kappa shape index (κ1) is 17.4. The molecule has 1 aliphatic rings. The van der Waals surface area contributed by atoms with E-state index >= 15 is 0 Å². The molecule has 0 bridgehead atoms. The van der Waals surface area contributed by atoms with Crippen LogP contribution in [0.3, 0.4) is 0 Å². The molecule has 0 saturated carbocycles. The second-order valence-electron chi connectivity index (χ2n) is 6.87. The van der Waals surface area contributed by atoms with Crippen molar-refractivity contribution in [3.63, 3.8) is 0 Å². The molecule has 0 radical (unpaired) electrons. The Balaban J connectivity index is 2.07. The summed E-state index contributed by atoms with van der Waals surface area (Å²) in [6.07, 6.45) is 1.99. The predicted octanol–water partition coefficient (Wildman–Crippen LogP) is -2.08. The number of amides is 1. The van der Waals surface area contributed by atoms with E-state index in [9.17, 15) is 19.5 Å². The minimum atomic E-state index is -1.19. The molecule has 2 aromatic heterocycles. The van der Waals surface area contributed by atoms with Crippen LogP contribution in [-0.4, -0.2) is 59.8 Å². The van der Waals surface area contributed by atoms with Crippen LogP contribution < -0.4 is 17.0 Å². The van der Waals surface area contributed by atoms with Crippen molar-refractivity contribution in [2.75, 3.05) is 19.6 Å². The van der Waals surface area contributed by atoms with Gasteiger partial charge < -0.3 is 15.4 Å². The van der Waals surface area contributed by atoms with Gasteiger partial charge in [-0.2, -0.15) is 0 Å². The summed E-state index contributed by atoms with van der Waals surface area (Å²) in [4.78, 5) is 41.7. The molecule has 3 N–H and O–H groups in total. The van der Waals surface area contributed by atoms with Crippen molar-refractivity contribution in [1.82, 2.24) is 23.6 Å². The molecule has 1 amide bonds. The van der Waals surface area contributed by atoms with Crippen LogP contribution in [-0.2, 0) is 18.9 Å². The summed E-state index contributed by atoms with van der Waals surface area (Å²) in [7, 11) is 2.96. The van der Waals surface area contributed by atoms with E-state index in [-0.39, 0.29) is 24.3 Å². The third kappa shape index (κ3) is 2.76. The van der Waals surface area contributed by atoms with Gasteiger partial charge in [-0.05, 0) is 13.3 Å². The number of aryl methyl sites for hydroxylation is 1. The molecule has 10 nitrogen and oxygen atoms in total. The monoisotopic (exact) mass is 350 g/mol. The van der Waals surface area contributed by atoms with Gasteiger partial charge >= 0.3 is 5.69 Å². The zero-order valence-corrected chi connectivity index (χ0v) is 14.5. The molecular formula is C15H22N6O4. The number of hydrogen-bond donors (Lipinski definition) is 2. The van der Waals surface area contributed by atoms with Crippen molar-refractivity contribution in [2.45, 2.75) is 25.0 Å². The van der Waals surface area contributed by atoms with E-state index in [2.05, 4.69) is 4.98 Å². The fourth-order valence-electron chi connectivity index (χ4n) is 3.65. The lowest BCUT2D eigenvalue weighted by molar-refractivity contribution is -0.121. The maximum Gasteiger partial charge on any atom is 0.332 e. The molecule has 0 aromatic carbocycles.